The molecule has 1 unspecified atom stereocenters. The van der Waals surface area contributed by atoms with Gasteiger partial charge in [0.2, 0.25) is 5.91 Å². The third kappa shape index (κ3) is 7.38. The first-order chi connectivity index (χ1) is 16.1. The molecular formula is C21H18FN5O7. The highest BCUT2D eigenvalue weighted by molar-refractivity contribution is 5.98. The second-order valence-electron chi connectivity index (χ2n) is 6.79. The lowest BCUT2D eigenvalue weighted by molar-refractivity contribution is -0.384. The summed E-state index contributed by atoms with van der Waals surface area (Å²) in [5, 5.41) is 24.5. The quantitative estimate of drug-likeness (QED) is 0.261. The fourth-order valence-corrected chi connectivity index (χ4v) is 2.65. The van der Waals surface area contributed by atoms with Gasteiger partial charge in [0.1, 0.15) is 17.9 Å². The lowest BCUT2D eigenvalue weighted by Gasteiger charge is -2.17. The van der Waals surface area contributed by atoms with Crippen molar-refractivity contribution < 1.29 is 33.2 Å². The number of carbonyl (C=O) groups excluding carboxylic acids is 4. The van der Waals surface area contributed by atoms with Gasteiger partial charge in [0.05, 0.1) is 16.2 Å². The van der Waals surface area contributed by atoms with Crippen molar-refractivity contribution in [3.8, 4) is 6.07 Å². The number of nitrogens with two attached hydrogens (primary N) is 1. The molecule has 0 aliphatic rings. The van der Waals surface area contributed by atoms with E-state index < -0.39 is 47.1 Å². The van der Waals surface area contributed by atoms with E-state index in [0.29, 0.717) is 0 Å². The fraction of sp³-hybridized carbons (Fsp3) is 0.190. The molecule has 2 rings (SSSR count). The SMILES string of the molecule is N#Cc1cc([N+](=O)[O-])ccc1NC(=O)COC(=O)C(CCC(N)=O)NC(=O)c1ccc(F)cc1. The summed E-state index contributed by atoms with van der Waals surface area (Å²) in [6, 6.07) is 8.02. The number of nitrogens with zero attached hydrogens (tertiary/aromatic N) is 2. The van der Waals surface area contributed by atoms with Crippen LogP contribution in [-0.2, 0) is 19.1 Å². The van der Waals surface area contributed by atoms with Gasteiger partial charge in [0, 0.05) is 24.1 Å². The van der Waals surface area contributed by atoms with Crippen LogP contribution >= 0.6 is 0 Å². The Balaban J connectivity index is 2.02. The largest absolute Gasteiger partial charge is 0.454 e. The van der Waals surface area contributed by atoms with Crippen LogP contribution in [0, 0.1) is 27.3 Å². The Morgan fingerprint density at radius 2 is 1.85 bits per heavy atom. The summed E-state index contributed by atoms with van der Waals surface area (Å²) in [7, 11) is 0. The van der Waals surface area contributed by atoms with Crippen molar-refractivity contribution in [1.82, 2.24) is 5.32 Å². The van der Waals surface area contributed by atoms with Crippen molar-refractivity contribution in [2.24, 2.45) is 5.73 Å². The predicted octanol–water partition coefficient (Wildman–Crippen LogP) is 1.15. The number of primary amides is 1. The normalized spacial score (nSPS) is 10.9. The number of nitro groups is 1. The maximum absolute atomic E-state index is 13.0. The third-order valence-corrected chi connectivity index (χ3v) is 4.33. The van der Waals surface area contributed by atoms with Gasteiger partial charge in [-0.2, -0.15) is 5.26 Å². The average Bonchev–Trinajstić information content (AvgIpc) is 2.80. The van der Waals surface area contributed by atoms with Gasteiger partial charge >= 0.3 is 5.97 Å². The summed E-state index contributed by atoms with van der Waals surface area (Å²) in [5.74, 6) is -3.97. The van der Waals surface area contributed by atoms with Crippen LogP contribution in [0.5, 0.6) is 0 Å². The molecule has 4 N–H and O–H groups in total. The van der Waals surface area contributed by atoms with E-state index in [9.17, 15) is 33.7 Å². The van der Waals surface area contributed by atoms with E-state index in [1.165, 1.54) is 12.1 Å². The van der Waals surface area contributed by atoms with Crippen molar-refractivity contribution in [2.75, 3.05) is 11.9 Å². The van der Waals surface area contributed by atoms with E-state index in [1.807, 2.05) is 0 Å². The van der Waals surface area contributed by atoms with Crippen LogP contribution in [0.4, 0.5) is 15.8 Å². The highest BCUT2D eigenvalue weighted by Crippen LogP contribution is 2.21. The summed E-state index contributed by atoms with van der Waals surface area (Å²) in [6.07, 6.45) is -0.492. The zero-order chi connectivity index (χ0) is 25.3. The smallest absolute Gasteiger partial charge is 0.329 e. The Morgan fingerprint density at radius 1 is 1.18 bits per heavy atom. The second kappa shape index (κ2) is 11.7. The van der Waals surface area contributed by atoms with Gasteiger partial charge < -0.3 is 21.1 Å². The van der Waals surface area contributed by atoms with Gasteiger partial charge in [-0.25, -0.2) is 9.18 Å². The van der Waals surface area contributed by atoms with Crippen molar-refractivity contribution in [3.05, 3.63) is 69.5 Å². The number of amides is 3. The molecule has 0 saturated carbocycles. The molecule has 0 aromatic heterocycles. The second-order valence-corrected chi connectivity index (χ2v) is 6.79. The van der Waals surface area contributed by atoms with Crippen LogP contribution in [0.1, 0.15) is 28.8 Å². The average molecular weight is 471 g/mol. The van der Waals surface area contributed by atoms with Gasteiger partial charge in [-0.3, -0.25) is 24.5 Å². The molecule has 0 aliphatic heterocycles. The summed E-state index contributed by atoms with van der Waals surface area (Å²) < 4.78 is 17.9. The molecule has 12 nitrogen and oxygen atoms in total. The Kier molecular flexibility index (Phi) is 8.72. The lowest BCUT2D eigenvalue weighted by Crippen LogP contribution is -2.43. The first-order valence-electron chi connectivity index (χ1n) is 9.60. The maximum atomic E-state index is 13.0. The summed E-state index contributed by atoms with van der Waals surface area (Å²) in [4.78, 5) is 58.1. The zero-order valence-corrected chi connectivity index (χ0v) is 17.4. The number of hydrogen-bond acceptors (Lipinski definition) is 8. The van der Waals surface area contributed by atoms with Gasteiger partial charge in [-0.1, -0.05) is 0 Å². The summed E-state index contributed by atoms with van der Waals surface area (Å²) >= 11 is 0. The monoisotopic (exact) mass is 471 g/mol. The number of carbonyl (C=O) groups is 4. The maximum Gasteiger partial charge on any atom is 0.329 e. The van der Waals surface area contributed by atoms with Crippen molar-refractivity contribution in [2.45, 2.75) is 18.9 Å². The topological polar surface area (TPSA) is 195 Å². The molecule has 13 heteroatoms. The number of ether oxygens (including phenoxy) is 1. The van der Waals surface area contributed by atoms with Gasteiger partial charge in [0.25, 0.3) is 17.5 Å². The van der Waals surface area contributed by atoms with Crippen molar-refractivity contribution >= 4 is 35.1 Å². The van der Waals surface area contributed by atoms with Crippen molar-refractivity contribution in [3.63, 3.8) is 0 Å². The molecule has 0 saturated heterocycles. The zero-order valence-electron chi connectivity index (χ0n) is 17.4. The first kappa shape index (κ1) is 25.4. The molecule has 3 amide bonds. The number of nitriles is 1. The number of halogens is 1. The number of nitro benzene ring substituents is 1. The fourth-order valence-electron chi connectivity index (χ4n) is 2.65. The van der Waals surface area contributed by atoms with Crippen molar-refractivity contribution in [1.29, 1.82) is 5.26 Å². The number of hydrogen-bond donors (Lipinski definition) is 3. The summed E-state index contributed by atoms with van der Waals surface area (Å²) in [5.41, 5.74) is 4.56. The molecular weight excluding hydrogens is 453 g/mol. The molecule has 1 atom stereocenters. The van der Waals surface area contributed by atoms with Gasteiger partial charge in [-0.05, 0) is 36.8 Å². The molecule has 0 radical (unpaired) electrons. The Labute approximate surface area is 191 Å². The molecule has 0 bridgehead atoms. The van der Waals surface area contributed by atoms with Crippen LogP contribution in [-0.4, -0.2) is 41.3 Å². The first-order valence-corrected chi connectivity index (χ1v) is 9.60. The van der Waals surface area contributed by atoms with Crippen LogP contribution in [0.2, 0.25) is 0 Å². The number of non-ortho nitro benzene ring substituents is 1. The number of rotatable bonds is 10. The highest BCUT2D eigenvalue weighted by atomic mass is 19.1. The number of anilines is 1. The number of benzene rings is 2. The minimum atomic E-state index is -1.34. The molecule has 2 aromatic rings. The summed E-state index contributed by atoms with van der Waals surface area (Å²) in [6.45, 7) is -0.819. The molecule has 0 spiro atoms. The molecule has 34 heavy (non-hydrogen) atoms. The van der Waals surface area contributed by atoms with Crippen LogP contribution < -0.4 is 16.4 Å². The van der Waals surface area contributed by atoms with E-state index in [2.05, 4.69) is 10.6 Å². The minimum absolute atomic E-state index is 0.0379. The Bertz CT molecular complexity index is 1160. The van der Waals surface area contributed by atoms with Gasteiger partial charge in [0.15, 0.2) is 6.61 Å². The Morgan fingerprint density at radius 3 is 2.44 bits per heavy atom. The number of nitrogens with one attached hydrogen (secondary N) is 2. The van der Waals surface area contributed by atoms with E-state index in [-0.39, 0.29) is 35.3 Å². The standard InChI is InChI=1S/C21H18FN5O7/c22-14-3-1-12(2-4-14)20(30)26-17(7-8-18(24)28)21(31)34-11-19(29)25-16-6-5-15(27(32)33)9-13(16)10-23/h1-6,9,17H,7-8,11H2,(H2,24,28)(H,25,29)(H,26,30). The van der Waals surface area contributed by atoms with Crippen LogP contribution in [0.15, 0.2) is 42.5 Å². The van der Waals surface area contributed by atoms with Crippen LogP contribution in [0.25, 0.3) is 0 Å². The van der Waals surface area contributed by atoms with E-state index in [0.717, 1.165) is 30.3 Å². The van der Waals surface area contributed by atoms with Crippen LogP contribution in [0.3, 0.4) is 0 Å². The van der Waals surface area contributed by atoms with E-state index in [1.54, 1.807) is 6.07 Å². The van der Waals surface area contributed by atoms with Gasteiger partial charge in [-0.15, -0.1) is 0 Å². The minimum Gasteiger partial charge on any atom is -0.454 e. The molecule has 0 heterocycles. The Hall–Kier alpha value is -4.86. The molecule has 0 fully saturated rings. The molecule has 176 valence electrons. The highest BCUT2D eigenvalue weighted by Gasteiger charge is 2.24. The lowest BCUT2D eigenvalue weighted by atomic mass is 10.1. The van der Waals surface area contributed by atoms with E-state index >= 15 is 0 Å². The molecule has 2 aromatic carbocycles. The number of esters is 1. The van der Waals surface area contributed by atoms with E-state index in [4.69, 9.17) is 15.7 Å². The molecule has 0 aliphatic carbocycles. The predicted molar refractivity (Wildman–Crippen MR) is 113 cm³/mol. The third-order valence-electron chi connectivity index (χ3n) is 4.33.